The van der Waals surface area contributed by atoms with Crippen molar-refractivity contribution in [2.24, 2.45) is 11.7 Å². The molecule has 0 aromatic rings. The first-order chi connectivity index (χ1) is 5.27. The number of hydrogen-bond acceptors (Lipinski definition) is 5. The van der Waals surface area contributed by atoms with Crippen LogP contribution in [0.2, 0.25) is 0 Å². The lowest BCUT2D eigenvalue weighted by Crippen LogP contribution is -2.58. The Morgan fingerprint density at radius 3 is 1.55 bits per heavy atom. The molecule has 64 valence electrons. The predicted octanol–water partition coefficient (Wildman–Crippen LogP) is -0.918. The fraction of sp³-hybridized carbons (Fsp3) is 1.00. The molecule has 0 heterocycles. The molecule has 0 aromatic carbocycles. The first-order valence-electron chi connectivity index (χ1n) is 4.11. The van der Waals surface area contributed by atoms with Gasteiger partial charge in [-0.15, -0.1) is 0 Å². The Morgan fingerprint density at radius 1 is 0.909 bits per heavy atom. The normalized spacial score (nSPS) is 25.1. The molecule has 0 spiro atoms. The molecule has 0 aliphatic heterocycles. The molecular weight excluding hydrogens is 142 g/mol. The van der Waals surface area contributed by atoms with Crippen LogP contribution in [0.1, 0.15) is 25.7 Å². The van der Waals surface area contributed by atoms with Crippen LogP contribution in [0, 0.1) is 0 Å². The van der Waals surface area contributed by atoms with Crippen molar-refractivity contribution in [1.29, 1.82) is 0 Å². The van der Waals surface area contributed by atoms with Gasteiger partial charge >= 0.3 is 0 Å². The molecule has 5 nitrogen and oxygen atoms in total. The van der Waals surface area contributed by atoms with Crippen molar-refractivity contribution >= 4 is 0 Å². The summed E-state index contributed by atoms with van der Waals surface area (Å²) in [7, 11) is 0. The molecule has 0 saturated heterocycles. The van der Waals surface area contributed by atoms with E-state index in [1.54, 1.807) is 10.2 Å². The zero-order valence-corrected chi connectivity index (χ0v) is 6.53. The topological polar surface area (TPSA) is 70.5 Å². The Kier molecular flexibility index (Phi) is 1.82. The number of nitrogens with zero attached hydrogens (tertiary/aromatic N) is 2. The van der Waals surface area contributed by atoms with E-state index in [0.29, 0.717) is 12.1 Å². The lowest BCUT2D eigenvalue weighted by Gasteiger charge is -2.24. The summed E-state index contributed by atoms with van der Waals surface area (Å²) in [5.74, 6) is 11.3. The average molecular weight is 157 g/mol. The fourth-order valence-corrected chi connectivity index (χ4v) is 1.00. The predicted molar refractivity (Wildman–Crippen MR) is 41.2 cm³/mol. The highest BCUT2D eigenvalue weighted by Crippen LogP contribution is 2.25. The number of hydrazine groups is 4. The van der Waals surface area contributed by atoms with Gasteiger partial charge in [-0.05, 0) is 25.7 Å². The summed E-state index contributed by atoms with van der Waals surface area (Å²) < 4.78 is 0. The van der Waals surface area contributed by atoms with Gasteiger partial charge in [0.25, 0.3) is 0 Å². The second kappa shape index (κ2) is 2.69. The maximum Gasteiger partial charge on any atom is 0.0412 e. The van der Waals surface area contributed by atoms with Gasteiger partial charge in [0.05, 0.1) is 0 Å². The maximum absolute atomic E-state index is 5.65. The molecule has 11 heavy (non-hydrogen) atoms. The van der Waals surface area contributed by atoms with Crippen LogP contribution < -0.4 is 17.2 Å². The van der Waals surface area contributed by atoms with Gasteiger partial charge in [0.2, 0.25) is 0 Å². The van der Waals surface area contributed by atoms with E-state index in [-0.39, 0.29) is 0 Å². The molecule has 0 aromatic heterocycles. The number of nitrogens with one attached hydrogen (secondary N) is 1. The fourth-order valence-electron chi connectivity index (χ4n) is 1.00. The van der Waals surface area contributed by atoms with Gasteiger partial charge < -0.3 is 0 Å². The first kappa shape index (κ1) is 7.45. The zero-order chi connectivity index (χ0) is 7.84. The molecule has 0 atom stereocenters. The van der Waals surface area contributed by atoms with Crippen LogP contribution in [0.15, 0.2) is 0 Å². The minimum Gasteiger partial charge on any atom is -0.254 e. The molecular formula is C6H15N5. The highest BCUT2D eigenvalue weighted by Gasteiger charge is 2.32. The van der Waals surface area contributed by atoms with Crippen molar-refractivity contribution in [2.45, 2.75) is 37.8 Å². The molecule has 0 radical (unpaired) electrons. The van der Waals surface area contributed by atoms with E-state index >= 15 is 0 Å². The Morgan fingerprint density at radius 2 is 1.27 bits per heavy atom. The van der Waals surface area contributed by atoms with Crippen LogP contribution in [0.25, 0.3) is 0 Å². The van der Waals surface area contributed by atoms with E-state index in [1.165, 1.54) is 25.7 Å². The van der Waals surface area contributed by atoms with E-state index in [1.807, 2.05) is 0 Å². The second-order valence-corrected chi connectivity index (χ2v) is 3.38. The van der Waals surface area contributed by atoms with Crippen LogP contribution >= 0.6 is 0 Å². The molecule has 2 rings (SSSR count). The Hall–Kier alpha value is -0.200. The molecule has 5 N–H and O–H groups in total. The van der Waals surface area contributed by atoms with Gasteiger partial charge in [-0.1, -0.05) is 0 Å². The Bertz CT molecular complexity index is 126. The first-order valence-corrected chi connectivity index (χ1v) is 4.11. The summed E-state index contributed by atoms with van der Waals surface area (Å²) >= 11 is 0. The van der Waals surface area contributed by atoms with Crippen molar-refractivity contribution in [2.75, 3.05) is 0 Å². The van der Waals surface area contributed by atoms with Crippen LogP contribution in [-0.4, -0.2) is 22.3 Å². The third-order valence-electron chi connectivity index (χ3n) is 2.11. The standard InChI is InChI=1S/C6H15N5/c7-10(5-1-2-5)9-11(8)6-3-4-6/h5-6,9H,1-4,7-8H2. The molecule has 2 aliphatic carbocycles. The average Bonchev–Trinajstić information content (AvgIpc) is 2.84. The summed E-state index contributed by atoms with van der Waals surface area (Å²) in [5, 5.41) is 3.22. The second-order valence-electron chi connectivity index (χ2n) is 3.38. The van der Waals surface area contributed by atoms with E-state index in [9.17, 15) is 0 Å². The van der Waals surface area contributed by atoms with E-state index in [4.69, 9.17) is 11.7 Å². The third-order valence-corrected chi connectivity index (χ3v) is 2.11. The van der Waals surface area contributed by atoms with E-state index < -0.39 is 0 Å². The van der Waals surface area contributed by atoms with Crippen LogP contribution in [0.3, 0.4) is 0 Å². The molecule has 2 aliphatic rings. The van der Waals surface area contributed by atoms with Gasteiger partial charge in [0.1, 0.15) is 0 Å². The summed E-state index contributed by atoms with van der Waals surface area (Å²) in [6.07, 6.45) is 4.73. The monoisotopic (exact) mass is 157 g/mol. The zero-order valence-electron chi connectivity index (χ0n) is 6.53. The van der Waals surface area contributed by atoms with Crippen LogP contribution in [0.5, 0.6) is 0 Å². The van der Waals surface area contributed by atoms with Crippen molar-refractivity contribution in [3.63, 3.8) is 0 Å². The summed E-state index contributed by atoms with van der Waals surface area (Å²) in [6, 6.07) is 1.000. The summed E-state index contributed by atoms with van der Waals surface area (Å²) in [5.41, 5.74) is 2.93. The van der Waals surface area contributed by atoms with Crippen molar-refractivity contribution in [3.05, 3.63) is 0 Å². The van der Waals surface area contributed by atoms with Crippen LogP contribution in [-0.2, 0) is 0 Å². The van der Waals surface area contributed by atoms with Crippen molar-refractivity contribution in [1.82, 2.24) is 15.8 Å². The molecule has 0 amide bonds. The number of hydrogen-bond donors (Lipinski definition) is 3. The van der Waals surface area contributed by atoms with Gasteiger partial charge in [-0.2, -0.15) is 15.8 Å². The lowest BCUT2D eigenvalue weighted by molar-refractivity contribution is 0.00833. The van der Waals surface area contributed by atoms with Gasteiger partial charge in [0.15, 0.2) is 0 Å². The number of rotatable bonds is 4. The molecule has 0 bridgehead atoms. The van der Waals surface area contributed by atoms with Gasteiger partial charge in [-0.3, -0.25) is 11.7 Å². The SMILES string of the molecule is NN(NN(N)C1CC1)C1CC1. The lowest BCUT2D eigenvalue weighted by atomic mass is 10.7. The smallest absolute Gasteiger partial charge is 0.0412 e. The minimum atomic E-state index is 0.500. The Balaban J connectivity index is 1.69. The maximum atomic E-state index is 5.65. The quantitative estimate of drug-likeness (QED) is 0.364. The molecule has 2 saturated carbocycles. The van der Waals surface area contributed by atoms with Gasteiger partial charge in [-0.25, -0.2) is 0 Å². The molecule has 2 fully saturated rings. The molecule has 0 unspecified atom stereocenters. The third kappa shape index (κ3) is 1.88. The van der Waals surface area contributed by atoms with Gasteiger partial charge in [0, 0.05) is 12.1 Å². The van der Waals surface area contributed by atoms with Crippen molar-refractivity contribution < 1.29 is 0 Å². The highest BCUT2D eigenvalue weighted by molar-refractivity contribution is 4.82. The van der Waals surface area contributed by atoms with Crippen molar-refractivity contribution in [3.8, 4) is 0 Å². The van der Waals surface area contributed by atoms with E-state index in [2.05, 4.69) is 5.53 Å². The van der Waals surface area contributed by atoms with Crippen LogP contribution in [0.4, 0.5) is 0 Å². The molecule has 5 heteroatoms. The summed E-state index contributed by atoms with van der Waals surface area (Å²) in [6.45, 7) is 0. The van der Waals surface area contributed by atoms with E-state index in [0.717, 1.165) is 0 Å². The summed E-state index contributed by atoms with van der Waals surface area (Å²) in [4.78, 5) is 0. The highest BCUT2D eigenvalue weighted by atomic mass is 15.9. The largest absolute Gasteiger partial charge is 0.254 e. The number of nitrogens with two attached hydrogens (primary N) is 2. The minimum absolute atomic E-state index is 0.500. The Labute approximate surface area is 66.2 Å².